The molecule has 3 aromatic rings. The highest BCUT2D eigenvalue weighted by molar-refractivity contribution is 7.89. The van der Waals surface area contributed by atoms with Gasteiger partial charge in [0.25, 0.3) is 11.8 Å². The maximum atomic E-state index is 12.8. The van der Waals surface area contributed by atoms with Crippen LogP contribution in [0.4, 0.5) is 6.01 Å². The predicted molar refractivity (Wildman–Crippen MR) is 115 cm³/mol. The number of hydrogen-bond acceptors (Lipinski definition) is 7. The van der Waals surface area contributed by atoms with Crippen molar-refractivity contribution < 1.29 is 22.0 Å². The van der Waals surface area contributed by atoms with Gasteiger partial charge in [-0.2, -0.15) is 4.31 Å². The number of benzene rings is 1. The average Bonchev–Trinajstić information content (AvgIpc) is 3.33. The van der Waals surface area contributed by atoms with Crippen molar-refractivity contribution in [2.24, 2.45) is 0 Å². The van der Waals surface area contributed by atoms with E-state index in [1.54, 1.807) is 13.0 Å². The fourth-order valence-electron chi connectivity index (χ4n) is 3.17. The zero-order valence-corrected chi connectivity index (χ0v) is 18.8. The molecule has 0 aliphatic heterocycles. The Morgan fingerprint density at radius 3 is 2.23 bits per heavy atom. The Kier molecular flexibility index (Phi) is 6.91. The van der Waals surface area contributed by atoms with E-state index in [0.29, 0.717) is 30.2 Å². The molecule has 0 saturated carbocycles. The molecule has 2 heterocycles. The highest BCUT2D eigenvalue weighted by Gasteiger charge is 2.23. The lowest BCUT2D eigenvalue weighted by Crippen LogP contribution is -2.32. The second kappa shape index (κ2) is 9.44. The Morgan fingerprint density at radius 2 is 1.68 bits per heavy atom. The van der Waals surface area contributed by atoms with Crippen LogP contribution in [0.3, 0.4) is 0 Å². The molecule has 10 heteroatoms. The lowest BCUT2D eigenvalue weighted by molar-refractivity contribution is 0.102. The maximum Gasteiger partial charge on any atom is 0.322 e. The molecule has 9 nitrogen and oxygen atoms in total. The molecule has 3 rings (SSSR count). The van der Waals surface area contributed by atoms with Gasteiger partial charge in [-0.3, -0.25) is 10.1 Å². The van der Waals surface area contributed by atoms with Crippen molar-refractivity contribution in [2.75, 3.05) is 18.4 Å². The summed E-state index contributed by atoms with van der Waals surface area (Å²) in [5.41, 5.74) is 0.926. The van der Waals surface area contributed by atoms with Crippen molar-refractivity contribution in [1.29, 1.82) is 0 Å². The average molecular weight is 447 g/mol. The van der Waals surface area contributed by atoms with Gasteiger partial charge in [-0.1, -0.05) is 18.9 Å². The molecule has 0 atom stereocenters. The molecule has 1 aromatic carbocycles. The number of furan rings is 1. The normalized spacial score (nSPS) is 11.8. The Balaban J connectivity index is 1.73. The summed E-state index contributed by atoms with van der Waals surface area (Å²) in [6.07, 6.45) is 1.45. The van der Waals surface area contributed by atoms with Gasteiger partial charge < -0.3 is 8.83 Å². The largest absolute Gasteiger partial charge is 0.466 e. The van der Waals surface area contributed by atoms with Gasteiger partial charge in [-0.05, 0) is 57.0 Å². The van der Waals surface area contributed by atoms with Crippen LogP contribution < -0.4 is 5.32 Å². The SMILES string of the molecule is CCCN(CCC)S(=O)(=O)c1ccc(C(=O)Nc2nnc(-c3cc(C)oc3C)o2)cc1. The van der Waals surface area contributed by atoms with E-state index in [1.165, 1.54) is 28.6 Å². The van der Waals surface area contributed by atoms with Crippen molar-refractivity contribution >= 4 is 21.9 Å². The number of aryl methyl sites for hydroxylation is 2. The lowest BCUT2D eigenvalue weighted by atomic mass is 10.2. The van der Waals surface area contributed by atoms with Crippen molar-refractivity contribution in [2.45, 2.75) is 45.4 Å². The van der Waals surface area contributed by atoms with Crippen LogP contribution in [-0.4, -0.2) is 41.9 Å². The van der Waals surface area contributed by atoms with Crippen LogP contribution in [0.1, 0.15) is 48.6 Å². The zero-order chi connectivity index (χ0) is 22.6. The summed E-state index contributed by atoms with van der Waals surface area (Å²) < 4.78 is 38.1. The summed E-state index contributed by atoms with van der Waals surface area (Å²) in [6.45, 7) is 8.36. The van der Waals surface area contributed by atoms with Crippen LogP contribution in [0.25, 0.3) is 11.5 Å². The number of carbonyl (C=O) groups is 1. The second-order valence-electron chi connectivity index (χ2n) is 7.12. The molecule has 0 unspecified atom stereocenters. The number of rotatable bonds is 9. The smallest absolute Gasteiger partial charge is 0.322 e. The fraction of sp³-hybridized carbons (Fsp3) is 0.381. The first-order chi connectivity index (χ1) is 14.8. The van der Waals surface area contributed by atoms with Gasteiger partial charge in [0.15, 0.2) is 0 Å². The third-order valence-corrected chi connectivity index (χ3v) is 6.53. The van der Waals surface area contributed by atoms with Crippen LogP contribution >= 0.6 is 0 Å². The van der Waals surface area contributed by atoms with Crippen LogP contribution in [0.5, 0.6) is 0 Å². The summed E-state index contributed by atoms with van der Waals surface area (Å²) in [4.78, 5) is 12.7. The molecule has 2 aromatic heterocycles. The first-order valence-corrected chi connectivity index (χ1v) is 11.5. The summed E-state index contributed by atoms with van der Waals surface area (Å²) in [5.74, 6) is 1.09. The van der Waals surface area contributed by atoms with Crippen molar-refractivity contribution in [3.05, 3.63) is 47.4 Å². The molecule has 0 radical (unpaired) electrons. The summed E-state index contributed by atoms with van der Waals surface area (Å²) in [5, 5.41) is 10.3. The summed E-state index contributed by atoms with van der Waals surface area (Å²) in [6, 6.07) is 7.48. The third kappa shape index (κ3) is 5.02. The number of carbonyl (C=O) groups excluding carboxylic acids is 1. The van der Waals surface area contributed by atoms with E-state index in [4.69, 9.17) is 8.83 Å². The Bertz CT molecular complexity index is 1140. The van der Waals surface area contributed by atoms with Crippen molar-refractivity contribution in [3.8, 4) is 11.5 Å². The number of nitrogens with zero attached hydrogens (tertiary/aromatic N) is 3. The van der Waals surface area contributed by atoms with Gasteiger partial charge in [0, 0.05) is 18.7 Å². The van der Waals surface area contributed by atoms with Gasteiger partial charge in [0.2, 0.25) is 10.0 Å². The van der Waals surface area contributed by atoms with Gasteiger partial charge in [-0.25, -0.2) is 8.42 Å². The van der Waals surface area contributed by atoms with Crippen molar-refractivity contribution in [3.63, 3.8) is 0 Å². The number of anilines is 1. The molecule has 31 heavy (non-hydrogen) atoms. The molecule has 1 N–H and O–H groups in total. The van der Waals surface area contributed by atoms with E-state index in [1.807, 2.05) is 20.8 Å². The van der Waals surface area contributed by atoms with Gasteiger partial charge in [-0.15, -0.1) is 5.10 Å². The fourth-order valence-corrected chi connectivity index (χ4v) is 4.80. The van der Waals surface area contributed by atoms with E-state index in [-0.39, 0.29) is 22.4 Å². The molecule has 0 aliphatic carbocycles. The van der Waals surface area contributed by atoms with E-state index in [0.717, 1.165) is 12.8 Å². The molecule has 166 valence electrons. The number of amides is 1. The molecule has 0 aliphatic rings. The first kappa shape index (κ1) is 22.7. The summed E-state index contributed by atoms with van der Waals surface area (Å²) in [7, 11) is -3.60. The quantitative estimate of drug-likeness (QED) is 0.527. The predicted octanol–water partition coefficient (Wildman–Crippen LogP) is 4.01. The number of aromatic nitrogens is 2. The van der Waals surface area contributed by atoms with E-state index in [2.05, 4.69) is 15.5 Å². The van der Waals surface area contributed by atoms with Gasteiger partial charge in [0.05, 0.1) is 10.5 Å². The van der Waals surface area contributed by atoms with Crippen LogP contribution in [0.2, 0.25) is 0 Å². The second-order valence-corrected chi connectivity index (χ2v) is 9.06. The molecule has 0 bridgehead atoms. The minimum Gasteiger partial charge on any atom is -0.466 e. The molecule has 0 spiro atoms. The monoisotopic (exact) mass is 446 g/mol. The maximum absolute atomic E-state index is 12.8. The molecular formula is C21H26N4O5S. The van der Waals surface area contributed by atoms with Gasteiger partial charge >= 0.3 is 6.01 Å². The van der Waals surface area contributed by atoms with Crippen LogP contribution in [0.15, 0.2) is 44.1 Å². The molecule has 0 saturated heterocycles. The van der Waals surface area contributed by atoms with E-state index >= 15 is 0 Å². The Morgan fingerprint density at radius 1 is 1.03 bits per heavy atom. The lowest BCUT2D eigenvalue weighted by Gasteiger charge is -2.21. The van der Waals surface area contributed by atoms with Crippen LogP contribution in [0, 0.1) is 13.8 Å². The molecule has 0 fully saturated rings. The topological polar surface area (TPSA) is 119 Å². The van der Waals surface area contributed by atoms with E-state index in [9.17, 15) is 13.2 Å². The van der Waals surface area contributed by atoms with Crippen LogP contribution in [-0.2, 0) is 10.0 Å². The van der Waals surface area contributed by atoms with E-state index < -0.39 is 15.9 Å². The number of hydrogen-bond donors (Lipinski definition) is 1. The zero-order valence-electron chi connectivity index (χ0n) is 18.0. The third-order valence-electron chi connectivity index (χ3n) is 4.62. The highest BCUT2D eigenvalue weighted by atomic mass is 32.2. The Labute approximate surface area is 181 Å². The number of sulfonamides is 1. The molecular weight excluding hydrogens is 420 g/mol. The van der Waals surface area contributed by atoms with Crippen molar-refractivity contribution in [1.82, 2.24) is 14.5 Å². The minimum atomic E-state index is -3.60. The first-order valence-electron chi connectivity index (χ1n) is 10.1. The van der Waals surface area contributed by atoms with Gasteiger partial charge in [0.1, 0.15) is 11.5 Å². The highest BCUT2D eigenvalue weighted by Crippen LogP contribution is 2.26. The summed E-state index contributed by atoms with van der Waals surface area (Å²) >= 11 is 0. The standard InChI is InChI=1S/C21H26N4O5S/c1-5-11-25(12-6-2)31(27,28)17-9-7-16(8-10-17)19(26)22-21-24-23-20(30-21)18-13-14(3)29-15(18)4/h7-10,13H,5-6,11-12H2,1-4H3,(H,22,24,26). The Hall–Kier alpha value is -2.98. The molecule has 1 amide bonds. The minimum absolute atomic E-state index is 0.0629. The number of nitrogens with one attached hydrogen (secondary N) is 1.